The van der Waals surface area contributed by atoms with Crippen LogP contribution in [0.25, 0.3) is 11.0 Å². The van der Waals surface area contributed by atoms with Crippen molar-refractivity contribution >= 4 is 23.3 Å². The fraction of sp³-hybridized carbons (Fsp3) is 0.417. The first kappa shape index (κ1) is 11.3. The normalized spacial score (nSPS) is 11.2. The zero-order chi connectivity index (χ0) is 11.7. The summed E-state index contributed by atoms with van der Waals surface area (Å²) < 4.78 is 16.1. The molecule has 0 saturated heterocycles. The lowest BCUT2D eigenvalue weighted by Crippen LogP contribution is -1.97. The highest BCUT2D eigenvalue weighted by Crippen LogP contribution is 2.19. The highest BCUT2D eigenvalue weighted by atomic mass is 32.1. The molecule has 16 heavy (non-hydrogen) atoms. The summed E-state index contributed by atoms with van der Waals surface area (Å²) in [5.74, 6) is -0.189. The molecule has 2 aromatic rings. The molecule has 1 aromatic heterocycles. The van der Waals surface area contributed by atoms with E-state index in [2.05, 4.69) is 11.9 Å². The Labute approximate surface area is 99.1 Å². The molecule has 1 heterocycles. The topological polar surface area (TPSA) is 20.7 Å². The maximum atomic E-state index is 13.4. The molecular weight excluding hydrogens is 223 g/mol. The van der Waals surface area contributed by atoms with Crippen LogP contribution in [0.15, 0.2) is 12.1 Å². The second-order valence-electron chi connectivity index (χ2n) is 4.05. The van der Waals surface area contributed by atoms with Crippen molar-refractivity contribution in [2.75, 3.05) is 0 Å². The fourth-order valence-corrected chi connectivity index (χ4v) is 2.12. The number of H-pyrrole nitrogens is 1. The Morgan fingerprint density at radius 3 is 2.88 bits per heavy atom. The Bertz CT molecular complexity index is 568. The van der Waals surface area contributed by atoms with Crippen molar-refractivity contribution in [1.29, 1.82) is 0 Å². The molecule has 0 spiro atoms. The third-order valence-electron chi connectivity index (χ3n) is 2.79. The highest BCUT2D eigenvalue weighted by molar-refractivity contribution is 7.71. The molecular formula is C12H15FN2S. The highest BCUT2D eigenvalue weighted by Gasteiger charge is 2.07. The molecule has 1 aromatic carbocycles. The number of fused-ring (bicyclic) bond motifs is 1. The molecule has 0 fully saturated rings. The molecule has 0 unspecified atom stereocenters. The summed E-state index contributed by atoms with van der Waals surface area (Å²) in [6.45, 7) is 4.80. The van der Waals surface area contributed by atoms with E-state index < -0.39 is 0 Å². The minimum atomic E-state index is -0.189. The molecule has 4 heteroatoms. The predicted octanol–water partition coefficient (Wildman–Crippen LogP) is 3.95. The second-order valence-corrected chi connectivity index (χ2v) is 4.44. The van der Waals surface area contributed by atoms with Gasteiger partial charge in [0.2, 0.25) is 0 Å². The van der Waals surface area contributed by atoms with Gasteiger partial charge in [-0.3, -0.25) is 0 Å². The first-order chi connectivity index (χ1) is 7.63. The number of nitrogens with zero attached hydrogens (tertiary/aromatic N) is 1. The van der Waals surface area contributed by atoms with E-state index in [9.17, 15) is 4.39 Å². The van der Waals surface area contributed by atoms with Gasteiger partial charge < -0.3 is 9.55 Å². The van der Waals surface area contributed by atoms with E-state index in [4.69, 9.17) is 12.2 Å². The third-order valence-corrected chi connectivity index (χ3v) is 3.11. The van der Waals surface area contributed by atoms with E-state index in [0.29, 0.717) is 10.3 Å². The van der Waals surface area contributed by atoms with E-state index in [1.807, 2.05) is 10.6 Å². The summed E-state index contributed by atoms with van der Waals surface area (Å²) in [5.41, 5.74) is 2.44. The number of rotatable bonds is 3. The molecule has 0 aliphatic heterocycles. The van der Waals surface area contributed by atoms with Gasteiger partial charge in [-0.15, -0.1) is 0 Å². The zero-order valence-corrected chi connectivity index (χ0v) is 10.3. The van der Waals surface area contributed by atoms with Crippen molar-refractivity contribution < 1.29 is 4.39 Å². The molecule has 86 valence electrons. The van der Waals surface area contributed by atoms with Gasteiger partial charge >= 0.3 is 0 Å². The Kier molecular flexibility index (Phi) is 3.10. The van der Waals surface area contributed by atoms with Gasteiger partial charge in [-0.05, 0) is 43.3 Å². The van der Waals surface area contributed by atoms with Gasteiger partial charge in [0.15, 0.2) is 4.77 Å². The Balaban J connectivity index is 2.60. The van der Waals surface area contributed by atoms with Crippen molar-refractivity contribution in [3.8, 4) is 0 Å². The molecule has 0 bridgehead atoms. The van der Waals surface area contributed by atoms with Crippen molar-refractivity contribution in [2.24, 2.45) is 0 Å². The molecule has 2 rings (SSSR count). The average Bonchev–Trinajstić information content (AvgIpc) is 2.52. The number of aryl methyl sites for hydroxylation is 2. The van der Waals surface area contributed by atoms with Crippen LogP contribution in [0.3, 0.4) is 0 Å². The molecule has 0 aliphatic carbocycles. The predicted molar refractivity (Wildman–Crippen MR) is 66.7 cm³/mol. The number of hydrogen-bond donors (Lipinski definition) is 1. The van der Waals surface area contributed by atoms with Crippen LogP contribution in [-0.2, 0) is 6.54 Å². The zero-order valence-electron chi connectivity index (χ0n) is 9.51. The van der Waals surface area contributed by atoms with E-state index in [-0.39, 0.29) is 5.82 Å². The summed E-state index contributed by atoms with van der Waals surface area (Å²) in [7, 11) is 0. The number of aromatic nitrogens is 2. The van der Waals surface area contributed by atoms with E-state index >= 15 is 0 Å². The quantitative estimate of drug-likeness (QED) is 0.803. The summed E-state index contributed by atoms with van der Waals surface area (Å²) in [4.78, 5) is 3.04. The summed E-state index contributed by atoms with van der Waals surface area (Å²) in [5, 5.41) is 0. The maximum Gasteiger partial charge on any atom is 0.178 e. The molecule has 0 amide bonds. The minimum absolute atomic E-state index is 0.189. The van der Waals surface area contributed by atoms with Crippen LogP contribution in [0.2, 0.25) is 0 Å². The monoisotopic (exact) mass is 238 g/mol. The first-order valence-electron chi connectivity index (χ1n) is 5.52. The molecule has 0 aliphatic rings. The number of aromatic amines is 1. The van der Waals surface area contributed by atoms with Gasteiger partial charge in [-0.1, -0.05) is 13.3 Å². The fourth-order valence-electron chi connectivity index (χ4n) is 1.82. The van der Waals surface area contributed by atoms with Crippen LogP contribution in [0.4, 0.5) is 4.39 Å². The maximum absolute atomic E-state index is 13.4. The number of imidazole rings is 1. The SMILES string of the molecule is CCCCn1c(=S)[nH]c2cc(F)c(C)cc21. The average molecular weight is 238 g/mol. The number of hydrogen-bond acceptors (Lipinski definition) is 1. The van der Waals surface area contributed by atoms with E-state index in [1.165, 1.54) is 6.07 Å². The smallest absolute Gasteiger partial charge is 0.178 e. The Hall–Kier alpha value is -1.16. The van der Waals surface area contributed by atoms with Crippen molar-refractivity contribution in [1.82, 2.24) is 9.55 Å². The summed E-state index contributed by atoms with van der Waals surface area (Å²) in [6, 6.07) is 3.37. The van der Waals surface area contributed by atoms with Crippen molar-refractivity contribution in [2.45, 2.75) is 33.2 Å². The first-order valence-corrected chi connectivity index (χ1v) is 5.93. The van der Waals surface area contributed by atoms with Crippen LogP contribution in [0.5, 0.6) is 0 Å². The lowest BCUT2D eigenvalue weighted by molar-refractivity contribution is 0.619. The summed E-state index contributed by atoms with van der Waals surface area (Å²) in [6.07, 6.45) is 2.20. The van der Waals surface area contributed by atoms with Crippen LogP contribution in [0, 0.1) is 17.5 Å². The minimum Gasteiger partial charge on any atom is -0.330 e. The number of nitrogens with one attached hydrogen (secondary N) is 1. The molecule has 0 saturated carbocycles. The van der Waals surface area contributed by atoms with Gasteiger partial charge in [-0.2, -0.15) is 0 Å². The largest absolute Gasteiger partial charge is 0.330 e. The standard InChI is InChI=1S/C12H15FN2S/c1-3-4-5-15-11-6-8(2)9(13)7-10(11)14-12(15)16/h6-7H,3-5H2,1-2H3,(H,14,16). The van der Waals surface area contributed by atoms with Gasteiger partial charge in [0.25, 0.3) is 0 Å². The van der Waals surface area contributed by atoms with Gasteiger partial charge in [0.05, 0.1) is 11.0 Å². The van der Waals surface area contributed by atoms with Crippen LogP contribution >= 0.6 is 12.2 Å². The number of halogens is 1. The van der Waals surface area contributed by atoms with Crippen molar-refractivity contribution in [3.05, 3.63) is 28.3 Å². The lowest BCUT2D eigenvalue weighted by Gasteiger charge is -2.03. The Morgan fingerprint density at radius 2 is 2.19 bits per heavy atom. The van der Waals surface area contributed by atoms with E-state index in [0.717, 1.165) is 30.4 Å². The number of unbranched alkanes of at least 4 members (excludes halogenated alkanes) is 1. The molecule has 2 nitrogen and oxygen atoms in total. The van der Waals surface area contributed by atoms with Crippen LogP contribution < -0.4 is 0 Å². The molecule has 0 atom stereocenters. The molecule has 0 radical (unpaired) electrons. The van der Waals surface area contributed by atoms with Crippen LogP contribution in [-0.4, -0.2) is 9.55 Å². The lowest BCUT2D eigenvalue weighted by atomic mass is 10.2. The third kappa shape index (κ3) is 1.89. The Morgan fingerprint density at radius 1 is 1.44 bits per heavy atom. The van der Waals surface area contributed by atoms with Crippen LogP contribution in [0.1, 0.15) is 25.3 Å². The van der Waals surface area contributed by atoms with Gasteiger partial charge in [-0.25, -0.2) is 4.39 Å². The van der Waals surface area contributed by atoms with Gasteiger partial charge in [0, 0.05) is 6.54 Å². The molecule has 1 N–H and O–H groups in total. The second kappa shape index (κ2) is 4.37. The van der Waals surface area contributed by atoms with Crippen molar-refractivity contribution in [3.63, 3.8) is 0 Å². The van der Waals surface area contributed by atoms with Gasteiger partial charge in [0.1, 0.15) is 5.82 Å². The summed E-state index contributed by atoms with van der Waals surface area (Å²) >= 11 is 5.24. The number of benzene rings is 1. The van der Waals surface area contributed by atoms with E-state index in [1.54, 1.807) is 6.92 Å².